The van der Waals surface area contributed by atoms with Gasteiger partial charge in [-0.2, -0.15) is 0 Å². The van der Waals surface area contributed by atoms with Gasteiger partial charge in [0.15, 0.2) is 0 Å². The van der Waals surface area contributed by atoms with Crippen LogP contribution in [0.15, 0.2) is 79.0 Å². The number of hydrogen-bond acceptors (Lipinski definition) is 6. The predicted molar refractivity (Wildman–Crippen MR) is 158 cm³/mol. The van der Waals surface area contributed by atoms with Crippen LogP contribution in [-0.4, -0.2) is 87.5 Å². The second-order valence-electron chi connectivity index (χ2n) is 9.61. The number of aliphatic carboxylic acids is 2. The molecule has 1 saturated heterocycles. The fourth-order valence-corrected chi connectivity index (χ4v) is 5.08. The highest BCUT2D eigenvalue weighted by atomic mass is 35.5. The highest BCUT2D eigenvalue weighted by Crippen LogP contribution is 2.31. The maximum absolute atomic E-state index is 10.7. The van der Waals surface area contributed by atoms with Crippen molar-refractivity contribution in [2.24, 2.45) is 0 Å². The normalized spacial score (nSPS) is 14.8. The fraction of sp³-hybridized carbons (Fsp3) is 0.267. The van der Waals surface area contributed by atoms with Gasteiger partial charge in [0.25, 0.3) is 0 Å². The maximum atomic E-state index is 10.7. The number of piperazine rings is 1. The number of aromatic amines is 1. The zero-order valence-electron chi connectivity index (χ0n) is 22.1. The van der Waals surface area contributed by atoms with Crippen LogP contribution in [-0.2, 0) is 9.59 Å². The summed E-state index contributed by atoms with van der Waals surface area (Å²) in [5, 5.41) is 27.9. The lowest BCUT2D eigenvalue weighted by atomic mass is 9.96. The molecule has 5 rings (SSSR count). The van der Waals surface area contributed by atoms with E-state index in [0.29, 0.717) is 6.54 Å². The number of carboxylic acid groups (broad SMARTS) is 2. The molecular formula is C30H31Cl2N3O6. The Morgan fingerprint density at radius 3 is 1.93 bits per heavy atom. The van der Waals surface area contributed by atoms with Gasteiger partial charge in [-0.15, -0.1) is 0 Å². The maximum Gasteiger partial charge on any atom is 0.414 e. The number of H-pyrrole nitrogens is 1. The summed E-state index contributed by atoms with van der Waals surface area (Å²) < 4.78 is 5.95. The molecule has 9 nitrogen and oxygen atoms in total. The van der Waals surface area contributed by atoms with E-state index in [1.807, 2.05) is 54.7 Å². The summed E-state index contributed by atoms with van der Waals surface area (Å²) >= 11 is 12.3. The standard InChI is InChI=1S/C28H29Cl2N3O2.C2H2O4/c29-22-8-4-20(5-9-22)28(21-6-10-23(30)11-7-21)33-16-14-32(15-17-33)18-24(34)19-35-27-3-1-2-26-25(27)12-13-31-26;3-1(4)2(5)6/h1-13,24,28,31,34H,14-19H2;(H,3,4)(H,5,6)/t24-;/m0./s1. The number of carboxylic acids is 2. The molecule has 4 aromatic rings. The highest BCUT2D eigenvalue weighted by molar-refractivity contribution is 6.30. The van der Waals surface area contributed by atoms with Gasteiger partial charge in [-0.1, -0.05) is 53.5 Å². The van der Waals surface area contributed by atoms with Crippen LogP contribution in [0, 0.1) is 0 Å². The number of aliphatic hydroxyl groups is 1. The zero-order valence-corrected chi connectivity index (χ0v) is 23.6. The number of carbonyl (C=O) groups is 2. The van der Waals surface area contributed by atoms with E-state index in [0.717, 1.165) is 52.9 Å². The Morgan fingerprint density at radius 1 is 0.829 bits per heavy atom. The third kappa shape index (κ3) is 8.45. The van der Waals surface area contributed by atoms with Crippen LogP contribution in [0.3, 0.4) is 0 Å². The average Bonchev–Trinajstić information content (AvgIpc) is 3.45. The lowest BCUT2D eigenvalue weighted by Crippen LogP contribution is -2.50. The smallest absolute Gasteiger partial charge is 0.414 e. The van der Waals surface area contributed by atoms with Crippen molar-refractivity contribution in [3.8, 4) is 5.75 Å². The first-order valence-electron chi connectivity index (χ1n) is 13.0. The molecule has 1 aromatic heterocycles. The molecule has 0 amide bonds. The van der Waals surface area contributed by atoms with Gasteiger partial charge >= 0.3 is 11.9 Å². The van der Waals surface area contributed by atoms with E-state index in [4.69, 9.17) is 47.7 Å². The molecule has 0 radical (unpaired) electrons. The molecule has 216 valence electrons. The van der Waals surface area contributed by atoms with Gasteiger partial charge in [0.2, 0.25) is 0 Å². The Hall–Kier alpha value is -3.60. The summed E-state index contributed by atoms with van der Waals surface area (Å²) in [5.74, 6) is -2.86. The summed E-state index contributed by atoms with van der Waals surface area (Å²) in [6, 6.07) is 24.2. The molecule has 0 bridgehead atoms. The van der Waals surface area contributed by atoms with Crippen molar-refractivity contribution in [1.82, 2.24) is 14.8 Å². The van der Waals surface area contributed by atoms with Crippen molar-refractivity contribution >= 4 is 46.0 Å². The predicted octanol–water partition coefficient (Wildman–Crippen LogP) is 4.78. The van der Waals surface area contributed by atoms with E-state index in [1.165, 1.54) is 11.1 Å². The molecule has 41 heavy (non-hydrogen) atoms. The second kappa shape index (κ2) is 14.3. The number of rotatable bonds is 8. The summed E-state index contributed by atoms with van der Waals surface area (Å²) in [5.41, 5.74) is 3.44. The van der Waals surface area contributed by atoms with Gasteiger partial charge in [0.1, 0.15) is 18.5 Å². The minimum absolute atomic E-state index is 0.127. The van der Waals surface area contributed by atoms with Gasteiger partial charge in [0, 0.05) is 59.9 Å². The Labute approximate surface area is 247 Å². The Bertz CT molecular complexity index is 1380. The number of ether oxygens (including phenoxy) is 1. The summed E-state index contributed by atoms with van der Waals surface area (Å²) in [7, 11) is 0. The first-order chi connectivity index (χ1) is 19.7. The number of nitrogens with zero attached hydrogens (tertiary/aromatic N) is 2. The van der Waals surface area contributed by atoms with Crippen LogP contribution in [0.4, 0.5) is 0 Å². The van der Waals surface area contributed by atoms with Crippen molar-refractivity contribution < 1.29 is 29.6 Å². The van der Waals surface area contributed by atoms with Gasteiger partial charge < -0.3 is 25.0 Å². The molecule has 0 unspecified atom stereocenters. The van der Waals surface area contributed by atoms with Crippen LogP contribution in [0.25, 0.3) is 10.9 Å². The first kappa shape index (κ1) is 30.4. The minimum atomic E-state index is -1.82. The molecule has 0 spiro atoms. The third-order valence-corrected chi connectivity index (χ3v) is 7.29. The van der Waals surface area contributed by atoms with Crippen molar-refractivity contribution in [2.45, 2.75) is 12.1 Å². The molecule has 1 fully saturated rings. The fourth-order valence-electron chi connectivity index (χ4n) is 4.83. The van der Waals surface area contributed by atoms with Crippen LogP contribution >= 0.6 is 23.2 Å². The molecule has 2 heterocycles. The number of hydrogen-bond donors (Lipinski definition) is 4. The van der Waals surface area contributed by atoms with Gasteiger partial charge in [-0.05, 0) is 53.6 Å². The van der Waals surface area contributed by atoms with E-state index < -0.39 is 18.0 Å². The van der Waals surface area contributed by atoms with Crippen LogP contribution in [0.5, 0.6) is 5.75 Å². The number of aliphatic hydroxyl groups excluding tert-OH is 1. The highest BCUT2D eigenvalue weighted by Gasteiger charge is 2.27. The van der Waals surface area contributed by atoms with E-state index >= 15 is 0 Å². The summed E-state index contributed by atoms with van der Waals surface area (Å²) in [4.78, 5) is 26.2. The lowest BCUT2D eigenvalue weighted by Gasteiger charge is -2.40. The van der Waals surface area contributed by atoms with Crippen molar-refractivity contribution in [2.75, 3.05) is 39.3 Å². The third-order valence-electron chi connectivity index (χ3n) is 6.78. The zero-order chi connectivity index (χ0) is 29.4. The molecular weight excluding hydrogens is 569 g/mol. The molecule has 11 heteroatoms. The minimum Gasteiger partial charge on any atom is -0.490 e. The SMILES string of the molecule is O=C(O)C(=O)O.O[C@H](COc1cccc2[nH]ccc12)CN1CCN(C(c2ccc(Cl)cc2)c2ccc(Cl)cc2)CC1. The topological polar surface area (TPSA) is 126 Å². The molecule has 4 N–H and O–H groups in total. The Morgan fingerprint density at radius 2 is 1.39 bits per heavy atom. The summed E-state index contributed by atoms with van der Waals surface area (Å²) in [6.07, 6.45) is 1.34. The first-order valence-corrected chi connectivity index (χ1v) is 13.8. The average molecular weight is 600 g/mol. The number of β-amino-alcohol motifs (C(OH)–C–C–N with tert-alkyl or cyclic N) is 1. The van der Waals surface area contributed by atoms with Crippen LogP contribution in [0.2, 0.25) is 10.0 Å². The number of benzene rings is 3. The Balaban J connectivity index is 0.000000585. The van der Waals surface area contributed by atoms with Crippen molar-refractivity contribution in [3.05, 3.63) is 100 Å². The molecule has 0 saturated carbocycles. The molecule has 1 aliphatic heterocycles. The van der Waals surface area contributed by atoms with Crippen LogP contribution in [0.1, 0.15) is 17.2 Å². The number of halogens is 2. The van der Waals surface area contributed by atoms with E-state index in [-0.39, 0.29) is 12.6 Å². The number of nitrogens with one attached hydrogen (secondary N) is 1. The van der Waals surface area contributed by atoms with Gasteiger partial charge in [-0.3, -0.25) is 9.80 Å². The molecule has 1 atom stereocenters. The van der Waals surface area contributed by atoms with E-state index in [9.17, 15) is 5.11 Å². The van der Waals surface area contributed by atoms with Crippen LogP contribution < -0.4 is 4.74 Å². The van der Waals surface area contributed by atoms with Crippen molar-refractivity contribution in [3.63, 3.8) is 0 Å². The van der Waals surface area contributed by atoms with E-state index in [2.05, 4.69) is 39.0 Å². The summed E-state index contributed by atoms with van der Waals surface area (Å²) in [6.45, 7) is 4.40. The quantitative estimate of drug-likeness (QED) is 0.213. The molecule has 0 aliphatic carbocycles. The largest absolute Gasteiger partial charge is 0.490 e. The van der Waals surface area contributed by atoms with E-state index in [1.54, 1.807) is 0 Å². The number of aromatic nitrogens is 1. The van der Waals surface area contributed by atoms with Crippen molar-refractivity contribution in [1.29, 1.82) is 0 Å². The van der Waals surface area contributed by atoms with Gasteiger partial charge in [-0.25, -0.2) is 9.59 Å². The lowest BCUT2D eigenvalue weighted by molar-refractivity contribution is -0.159. The second-order valence-corrected chi connectivity index (χ2v) is 10.5. The molecule has 3 aromatic carbocycles. The monoisotopic (exact) mass is 599 g/mol. The molecule has 1 aliphatic rings. The Kier molecular flexibility index (Phi) is 10.6. The number of fused-ring (bicyclic) bond motifs is 1. The van der Waals surface area contributed by atoms with Gasteiger partial charge in [0.05, 0.1) is 6.04 Å².